The van der Waals surface area contributed by atoms with Crippen LogP contribution < -0.4 is 0 Å². The molecule has 4 aromatic rings. The molecule has 0 aliphatic heterocycles. The van der Waals surface area contributed by atoms with Crippen LogP contribution in [0.3, 0.4) is 0 Å². The molecule has 42 heavy (non-hydrogen) atoms. The number of benzene rings is 4. The van der Waals surface area contributed by atoms with Crippen molar-refractivity contribution in [2.24, 2.45) is 0 Å². The molecule has 1 aliphatic carbocycles. The van der Waals surface area contributed by atoms with Gasteiger partial charge in [0, 0.05) is 5.41 Å². The van der Waals surface area contributed by atoms with Crippen molar-refractivity contribution in [2.45, 2.75) is 118 Å². The van der Waals surface area contributed by atoms with Crippen LogP contribution in [-0.2, 0) is 5.41 Å². The van der Waals surface area contributed by atoms with E-state index in [1.807, 2.05) is 0 Å². The first kappa shape index (κ1) is 30.3. The topological polar surface area (TPSA) is 0 Å². The Morgan fingerprint density at radius 1 is 0.452 bits per heavy atom. The third kappa shape index (κ3) is 5.88. The highest BCUT2D eigenvalue weighted by Gasteiger charge is 2.42. The van der Waals surface area contributed by atoms with Gasteiger partial charge in [0.2, 0.25) is 0 Å². The smallest absolute Gasteiger partial charge is 0.0215 e. The van der Waals surface area contributed by atoms with Gasteiger partial charge in [-0.2, -0.15) is 0 Å². The largest absolute Gasteiger partial charge is 0.0654 e. The lowest BCUT2D eigenvalue weighted by Crippen LogP contribution is -2.25. The summed E-state index contributed by atoms with van der Waals surface area (Å²) in [5.41, 5.74) is 18.5. The average Bonchev–Trinajstić information content (AvgIpc) is 3.21. The Kier molecular flexibility index (Phi) is 9.41. The van der Waals surface area contributed by atoms with Crippen molar-refractivity contribution in [1.29, 1.82) is 0 Å². The summed E-state index contributed by atoms with van der Waals surface area (Å²) >= 11 is 0. The summed E-state index contributed by atoms with van der Waals surface area (Å²) in [4.78, 5) is 0. The van der Waals surface area contributed by atoms with Crippen LogP contribution in [0.5, 0.6) is 0 Å². The zero-order chi connectivity index (χ0) is 29.9. The molecule has 5 rings (SSSR count). The first-order valence-corrected chi connectivity index (χ1v) is 16.7. The van der Waals surface area contributed by atoms with Gasteiger partial charge in [0.15, 0.2) is 0 Å². The van der Waals surface area contributed by atoms with Gasteiger partial charge in [-0.3, -0.25) is 0 Å². The SMILES string of the molecule is CCCCCCC1(CCCCCC)c2cc(-c3ccc(C)cc3C)ccc2-c2ccc(-c3c(C)cc(C)cc3C)cc21. The fourth-order valence-electron chi connectivity index (χ4n) is 7.96. The number of fused-ring (bicyclic) bond motifs is 3. The van der Waals surface area contributed by atoms with Gasteiger partial charge in [-0.15, -0.1) is 0 Å². The van der Waals surface area contributed by atoms with Gasteiger partial charge in [0.05, 0.1) is 0 Å². The number of rotatable bonds is 12. The van der Waals surface area contributed by atoms with Crippen molar-refractivity contribution < 1.29 is 0 Å². The van der Waals surface area contributed by atoms with Crippen LogP contribution in [0.2, 0.25) is 0 Å². The van der Waals surface area contributed by atoms with Gasteiger partial charge < -0.3 is 0 Å². The van der Waals surface area contributed by atoms with Gasteiger partial charge in [-0.25, -0.2) is 0 Å². The summed E-state index contributed by atoms with van der Waals surface area (Å²) < 4.78 is 0. The van der Waals surface area contributed by atoms with E-state index in [4.69, 9.17) is 0 Å². The Morgan fingerprint density at radius 2 is 0.952 bits per heavy atom. The van der Waals surface area contributed by atoms with Gasteiger partial charge in [-0.1, -0.05) is 131 Å². The average molecular weight is 557 g/mol. The molecule has 0 bridgehead atoms. The number of unbranched alkanes of at least 4 members (excludes halogenated alkanes) is 6. The Bertz CT molecular complexity index is 1510. The van der Waals surface area contributed by atoms with Gasteiger partial charge in [0.1, 0.15) is 0 Å². The highest BCUT2D eigenvalue weighted by molar-refractivity contribution is 5.87. The minimum absolute atomic E-state index is 0.0727. The van der Waals surface area contributed by atoms with E-state index < -0.39 is 0 Å². The zero-order valence-corrected chi connectivity index (χ0v) is 27.4. The second-order valence-electron chi connectivity index (χ2n) is 13.3. The van der Waals surface area contributed by atoms with E-state index in [1.165, 1.54) is 125 Å². The molecule has 0 nitrogen and oxygen atoms in total. The molecule has 0 fully saturated rings. The van der Waals surface area contributed by atoms with Crippen LogP contribution in [0, 0.1) is 34.6 Å². The molecule has 0 spiro atoms. The summed E-state index contributed by atoms with van der Waals surface area (Å²) in [7, 11) is 0. The predicted octanol–water partition coefficient (Wildman–Crippen LogP) is 12.8. The van der Waals surface area contributed by atoms with Gasteiger partial charge >= 0.3 is 0 Å². The second kappa shape index (κ2) is 13.0. The maximum absolute atomic E-state index is 2.61. The highest BCUT2D eigenvalue weighted by atomic mass is 14.5. The van der Waals surface area contributed by atoms with Crippen LogP contribution in [-0.4, -0.2) is 0 Å². The van der Waals surface area contributed by atoms with Crippen LogP contribution >= 0.6 is 0 Å². The summed E-state index contributed by atoms with van der Waals surface area (Å²) in [6.07, 6.45) is 12.9. The van der Waals surface area contributed by atoms with Gasteiger partial charge in [-0.05, 0) is 121 Å². The molecule has 0 atom stereocenters. The van der Waals surface area contributed by atoms with Crippen molar-refractivity contribution in [2.75, 3.05) is 0 Å². The molecule has 0 radical (unpaired) electrons. The first-order chi connectivity index (χ1) is 20.3. The molecule has 0 unspecified atom stereocenters. The molecule has 0 saturated carbocycles. The van der Waals surface area contributed by atoms with Crippen LogP contribution in [0.4, 0.5) is 0 Å². The quantitative estimate of drug-likeness (QED) is 0.152. The van der Waals surface area contributed by atoms with Crippen LogP contribution in [0.15, 0.2) is 66.7 Å². The molecular formula is C42H52. The third-order valence-electron chi connectivity index (χ3n) is 9.93. The zero-order valence-electron chi connectivity index (χ0n) is 27.4. The minimum Gasteiger partial charge on any atom is -0.0654 e. The molecule has 0 heteroatoms. The monoisotopic (exact) mass is 556 g/mol. The van der Waals surface area contributed by atoms with Crippen LogP contribution in [0.25, 0.3) is 33.4 Å². The minimum atomic E-state index is 0.0727. The van der Waals surface area contributed by atoms with E-state index in [-0.39, 0.29) is 5.41 Å². The molecule has 220 valence electrons. The summed E-state index contributed by atoms with van der Waals surface area (Å²) in [6.45, 7) is 15.9. The third-order valence-corrected chi connectivity index (χ3v) is 9.93. The Morgan fingerprint density at radius 3 is 1.50 bits per heavy atom. The predicted molar refractivity (Wildman–Crippen MR) is 185 cm³/mol. The van der Waals surface area contributed by atoms with E-state index in [0.717, 1.165) is 0 Å². The normalized spacial score (nSPS) is 13.3. The Balaban J connectivity index is 1.70. The molecule has 1 aliphatic rings. The highest BCUT2D eigenvalue weighted by Crippen LogP contribution is 2.56. The van der Waals surface area contributed by atoms with E-state index in [2.05, 4.69) is 115 Å². The van der Waals surface area contributed by atoms with Crippen molar-refractivity contribution >= 4 is 0 Å². The lowest BCUT2D eigenvalue weighted by molar-refractivity contribution is 0.401. The fourth-order valence-corrected chi connectivity index (χ4v) is 7.96. The van der Waals surface area contributed by atoms with Crippen molar-refractivity contribution in [3.8, 4) is 33.4 Å². The first-order valence-electron chi connectivity index (χ1n) is 16.7. The lowest BCUT2D eigenvalue weighted by atomic mass is 9.69. The van der Waals surface area contributed by atoms with E-state index in [1.54, 1.807) is 11.1 Å². The summed E-state index contributed by atoms with van der Waals surface area (Å²) in [5, 5.41) is 0. The van der Waals surface area contributed by atoms with E-state index in [0.29, 0.717) is 0 Å². The number of hydrogen-bond donors (Lipinski definition) is 0. The van der Waals surface area contributed by atoms with Crippen molar-refractivity contribution in [1.82, 2.24) is 0 Å². The maximum atomic E-state index is 2.61. The summed E-state index contributed by atoms with van der Waals surface area (Å²) in [6, 6.07) is 26.5. The maximum Gasteiger partial charge on any atom is 0.0215 e. The number of hydrogen-bond acceptors (Lipinski definition) is 0. The number of aryl methyl sites for hydroxylation is 5. The Labute approximate surface area is 256 Å². The Hall–Kier alpha value is -3.12. The van der Waals surface area contributed by atoms with Gasteiger partial charge in [0.25, 0.3) is 0 Å². The van der Waals surface area contributed by atoms with E-state index >= 15 is 0 Å². The molecule has 0 saturated heterocycles. The fraction of sp³-hybridized carbons (Fsp3) is 0.429. The van der Waals surface area contributed by atoms with E-state index in [9.17, 15) is 0 Å². The summed E-state index contributed by atoms with van der Waals surface area (Å²) in [5.74, 6) is 0. The molecule has 0 heterocycles. The second-order valence-corrected chi connectivity index (χ2v) is 13.3. The molecule has 0 N–H and O–H groups in total. The molecule has 0 aromatic heterocycles. The lowest BCUT2D eigenvalue weighted by Gasteiger charge is -2.33. The molecule has 0 amide bonds. The van der Waals surface area contributed by atoms with Crippen molar-refractivity contribution in [3.63, 3.8) is 0 Å². The molecular weight excluding hydrogens is 504 g/mol. The molecule has 4 aromatic carbocycles. The standard InChI is InChI=1S/C42H52/c1-8-10-12-14-22-42(23-15-13-11-9-2)39-27-34(36-19-16-29(3)24-31(36)5)17-20-37(39)38-21-18-35(28-40(38)42)41-32(6)25-30(4)26-33(41)7/h16-21,24-28H,8-15,22-23H2,1-7H3. The van der Waals surface area contributed by atoms with Crippen molar-refractivity contribution in [3.05, 3.63) is 106 Å². The van der Waals surface area contributed by atoms with Crippen LogP contribution in [0.1, 0.15) is 117 Å².